The number of hydrogen-bond acceptors (Lipinski definition) is 5. The molecule has 0 fully saturated rings. The van der Waals surface area contributed by atoms with E-state index in [1.807, 2.05) is 56.3 Å². The Bertz CT molecular complexity index is 1130. The zero-order valence-electron chi connectivity index (χ0n) is 15.5. The Kier molecular flexibility index (Phi) is 5.08. The molecule has 140 valence electrons. The first-order valence-electron chi connectivity index (χ1n) is 8.85. The zero-order valence-corrected chi connectivity index (χ0v) is 16.3. The van der Waals surface area contributed by atoms with E-state index in [0.29, 0.717) is 10.7 Å². The molecule has 2 N–H and O–H groups in total. The molecular formula is C21H19N5OS. The van der Waals surface area contributed by atoms with E-state index in [0.717, 1.165) is 27.9 Å². The third kappa shape index (κ3) is 3.75. The van der Waals surface area contributed by atoms with Crippen molar-refractivity contribution in [3.05, 3.63) is 77.9 Å². The summed E-state index contributed by atoms with van der Waals surface area (Å²) < 4.78 is 0. The van der Waals surface area contributed by atoms with Gasteiger partial charge in [-0.1, -0.05) is 59.8 Å². The summed E-state index contributed by atoms with van der Waals surface area (Å²) in [4.78, 5) is 29.0. The fourth-order valence-electron chi connectivity index (χ4n) is 3.00. The Morgan fingerprint density at radius 1 is 1.07 bits per heavy atom. The number of hydrogen-bond donors (Lipinski definition) is 2. The molecule has 0 aliphatic rings. The molecule has 7 heteroatoms. The van der Waals surface area contributed by atoms with E-state index in [2.05, 4.69) is 31.3 Å². The molecule has 0 unspecified atom stereocenters. The highest BCUT2D eigenvalue weighted by Crippen LogP contribution is 2.37. The van der Waals surface area contributed by atoms with Crippen molar-refractivity contribution in [3.63, 3.8) is 0 Å². The van der Waals surface area contributed by atoms with Crippen LogP contribution in [-0.4, -0.2) is 25.8 Å². The van der Waals surface area contributed by atoms with Crippen molar-refractivity contribution >= 4 is 34.5 Å². The lowest BCUT2D eigenvalue weighted by molar-refractivity contribution is -0.115. The molecule has 2 aromatic carbocycles. The highest BCUT2D eigenvalue weighted by atomic mass is 32.2. The van der Waals surface area contributed by atoms with Crippen LogP contribution in [0.5, 0.6) is 0 Å². The molecule has 2 heterocycles. The molecule has 0 saturated heterocycles. The third-order valence-electron chi connectivity index (χ3n) is 4.40. The van der Waals surface area contributed by atoms with Crippen molar-refractivity contribution in [2.24, 2.45) is 0 Å². The van der Waals surface area contributed by atoms with Crippen LogP contribution in [0, 0.1) is 13.8 Å². The number of imidazole rings is 1. The van der Waals surface area contributed by atoms with Crippen LogP contribution in [0.4, 0.5) is 5.69 Å². The van der Waals surface area contributed by atoms with Crippen LogP contribution in [0.15, 0.2) is 66.2 Å². The Labute approximate surface area is 166 Å². The van der Waals surface area contributed by atoms with Gasteiger partial charge >= 0.3 is 0 Å². The van der Waals surface area contributed by atoms with Gasteiger partial charge in [-0.2, -0.15) is 0 Å². The second kappa shape index (κ2) is 7.82. The number of anilines is 1. The summed E-state index contributed by atoms with van der Waals surface area (Å²) >= 11 is 1.38. The fourth-order valence-corrected chi connectivity index (χ4v) is 4.06. The highest BCUT2D eigenvalue weighted by Gasteiger charge is 2.24. The average Bonchev–Trinajstić information content (AvgIpc) is 3.18. The Morgan fingerprint density at radius 2 is 1.89 bits per heavy atom. The monoisotopic (exact) mass is 389 g/mol. The summed E-state index contributed by atoms with van der Waals surface area (Å²) in [5.41, 5.74) is 5.22. The molecule has 0 saturated carbocycles. The van der Waals surface area contributed by atoms with E-state index in [1.54, 1.807) is 6.33 Å². The summed E-state index contributed by atoms with van der Waals surface area (Å²) in [5.74, 6) is -0.102. The molecular weight excluding hydrogens is 370 g/mol. The van der Waals surface area contributed by atoms with Crippen molar-refractivity contribution < 1.29 is 4.79 Å². The van der Waals surface area contributed by atoms with Crippen molar-refractivity contribution in [1.82, 2.24) is 19.9 Å². The van der Waals surface area contributed by atoms with Gasteiger partial charge in [0.25, 0.3) is 0 Å². The SMILES string of the molecule is Cc1ccc(NC(=O)[C@H](Sc2ncnc3nc[nH]c23)c2ccccc2)c(C)c1. The predicted octanol–water partition coefficient (Wildman–Crippen LogP) is 4.44. The molecule has 0 radical (unpaired) electrons. The number of H-pyrrole nitrogens is 1. The molecule has 6 nitrogen and oxygen atoms in total. The smallest absolute Gasteiger partial charge is 0.242 e. The quantitative estimate of drug-likeness (QED) is 0.389. The molecule has 1 amide bonds. The zero-order chi connectivity index (χ0) is 19.5. The molecule has 4 rings (SSSR count). The second-order valence-electron chi connectivity index (χ2n) is 6.50. The van der Waals surface area contributed by atoms with Gasteiger partial charge in [-0.15, -0.1) is 0 Å². The first-order chi connectivity index (χ1) is 13.6. The lowest BCUT2D eigenvalue weighted by atomic mass is 10.1. The summed E-state index contributed by atoms with van der Waals surface area (Å²) in [5, 5.41) is 3.29. The van der Waals surface area contributed by atoms with Gasteiger partial charge in [0.1, 0.15) is 22.1 Å². The van der Waals surface area contributed by atoms with E-state index in [1.165, 1.54) is 18.1 Å². The Balaban J connectivity index is 1.67. The van der Waals surface area contributed by atoms with E-state index < -0.39 is 5.25 Å². The number of nitrogens with zero attached hydrogens (tertiary/aromatic N) is 3. The average molecular weight is 389 g/mol. The summed E-state index contributed by atoms with van der Waals surface area (Å²) in [7, 11) is 0. The third-order valence-corrected chi connectivity index (χ3v) is 5.65. The first kappa shape index (κ1) is 18.2. The van der Waals surface area contributed by atoms with Crippen molar-refractivity contribution in [2.75, 3.05) is 5.32 Å². The van der Waals surface area contributed by atoms with E-state index in [9.17, 15) is 4.79 Å². The van der Waals surface area contributed by atoms with Gasteiger partial charge in [0, 0.05) is 5.69 Å². The van der Waals surface area contributed by atoms with Gasteiger partial charge in [0.05, 0.1) is 6.33 Å². The topological polar surface area (TPSA) is 83.6 Å². The number of carbonyl (C=O) groups excluding carboxylic acids is 1. The molecule has 0 bridgehead atoms. The van der Waals surface area contributed by atoms with Gasteiger partial charge in [0.15, 0.2) is 5.65 Å². The molecule has 0 aliphatic heterocycles. The van der Waals surface area contributed by atoms with Crippen molar-refractivity contribution in [3.8, 4) is 0 Å². The van der Waals surface area contributed by atoms with Crippen LogP contribution in [0.1, 0.15) is 21.9 Å². The van der Waals surface area contributed by atoms with Gasteiger partial charge in [-0.05, 0) is 31.0 Å². The molecule has 4 aromatic rings. The molecule has 0 aliphatic carbocycles. The number of aromatic nitrogens is 4. The number of carbonyl (C=O) groups is 1. The maximum atomic E-state index is 13.2. The second-order valence-corrected chi connectivity index (χ2v) is 7.59. The highest BCUT2D eigenvalue weighted by molar-refractivity contribution is 8.00. The molecule has 2 aromatic heterocycles. The van der Waals surface area contributed by atoms with Gasteiger partial charge in [-0.3, -0.25) is 4.79 Å². The fraction of sp³-hybridized carbons (Fsp3) is 0.143. The van der Waals surface area contributed by atoms with E-state index in [4.69, 9.17) is 0 Å². The maximum absolute atomic E-state index is 13.2. The van der Waals surface area contributed by atoms with Crippen molar-refractivity contribution in [2.45, 2.75) is 24.1 Å². The molecule has 0 spiro atoms. The lowest BCUT2D eigenvalue weighted by Gasteiger charge is -2.18. The van der Waals surface area contributed by atoms with Crippen LogP contribution in [-0.2, 0) is 4.79 Å². The number of fused-ring (bicyclic) bond motifs is 1. The largest absolute Gasteiger partial charge is 0.341 e. The lowest BCUT2D eigenvalue weighted by Crippen LogP contribution is -2.19. The standard InChI is InChI=1S/C21H19N5OS/c1-13-8-9-16(14(2)10-13)26-20(27)18(15-6-4-3-5-7-15)28-21-17-19(23-11-22-17)24-12-25-21/h3-12,18H,1-2H3,(H,26,27)(H,22,23,24,25)/t18-/m1/s1. The number of nitrogens with one attached hydrogen (secondary N) is 2. The van der Waals surface area contributed by atoms with Crippen LogP contribution >= 0.6 is 11.8 Å². The summed E-state index contributed by atoms with van der Waals surface area (Å²) in [6, 6.07) is 15.7. The van der Waals surface area contributed by atoms with Crippen LogP contribution in [0.2, 0.25) is 0 Å². The number of aryl methyl sites for hydroxylation is 2. The number of thioether (sulfide) groups is 1. The van der Waals surface area contributed by atoms with Crippen LogP contribution < -0.4 is 5.32 Å². The van der Waals surface area contributed by atoms with Gasteiger partial charge < -0.3 is 10.3 Å². The first-order valence-corrected chi connectivity index (χ1v) is 9.73. The Morgan fingerprint density at radius 3 is 2.68 bits per heavy atom. The van der Waals surface area contributed by atoms with Gasteiger partial charge in [0.2, 0.25) is 5.91 Å². The van der Waals surface area contributed by atoms with Crippen LogP contribution in [0.3, 0.4) is 0 Å². The van der Waals surface area contributed by atoms with Gasteiger partial charge in [-0.25, -0.2) is 15.0 Å². The summed E-state index contributed by atoms with van der Waals surface area (Å²) in [6.07, 6.45) is 3.05. The maximum Gasteiger partial charge on any atom is 0.242 e. The minimum atomic E-state index is -0.469. The van der Waals surface area contributed by atoms with Crippen LogP contribution in [0.25, 0.3) is 11.2 Å². The van der Waals surface area contributed by atoms with E-state index in [-0.39, 0.29) is 5.91 Å². The normalized spacial score (nSPS) is 12.1. The number of aromatic amines is 1. The minimum absolute atomic E-state index is 0.102. The Hall–Kier alpha value is -3.19. The number of amides is 1. The molecule has 28 heavy (non-hydrogen) atoms. The van der Waals surface area contributed by atoms with Crippen molar-refractivity contribution in [1.29, 1.82) is 0 Å². The summed E-state index contributed by atoms with van der Waals surface area (Å²) in [6.45, 7) is 4.03. The number of rotatable bonds is 5. The predicted molar refractivity (Wildman–Crippen MR) is 111 cm³/mol. The minimum Gasteiger partial charge on any atom is -0.341 e. The molecule has 1 atom stereocenters. The number of benzene rings is 2. The van der Waals surface area contributed by atoms with E-state index >= 15 is 0 Å².